The molecule has 4 rings (SSSR count). The number of hydrogen-bond donors (Lipinski definition) is 0. The number of benzene rings is 2. The molecule has 0 aliphatic carbocycles. The van der Waals surface area contributed by atoms with E-state index in [2.05, 4.69) is 72.4 Å². The van der Waals surface area contributed by atoms with Gasteiger partial charge in [-0.3, -0.25) is 0 Å². The monoisotopic (exact) mass is 278 g/mol. The molecule has 2 nitrogen and oxygen atoms in total. The average molecular weight is 278 g/mol. The third-order valence-corrected chi connectivity index (χ3v) is 5.21. The Balaban J connectivity index is 1.95. The van der Waals surface area contributed by atoms with E-state index >= 15 is 0 Å². The summed E-state index contributed by atoms with van der Waals surface area (Å²) in [4.78, 5) is 4.86. The molecule has 0 N–H and O–H groups in total. The first-order chi connectivity index (χ1) is 10.3. The smallest absolute Gasteiger partial charge is 0.0444 e. The van der Waals surface area contributed by atoms with Crippen molar-refractivity contribution in [1.29, 1.82) is 0 Å². The van der Waals surface area contributed by atoms with Gasteiger partial charge in [-0.05, 0) is 49.2 Å². The summed E-state index contributed by atoms with van der Waals surface area (Å²) in [6.07, 6.45) is 1.25. The Morgan fingerprint density at radius 3 is 2.05 bits per heavy atom. The molecule has 0 amide bonds. The maximum absolute atomic E-state index is 2.48. The van der Waals surface area contributed by atoms with Gasteiger partial charge in [-0.25, -0.2) is 0 Å². The van der Waals surface area contributed by atoms with Gasteiger partial charge < -0.3 is 9.80 Å². The second-order valence-electron chi connectivity index (χ2n) is 6.44. The molecular formula is C19H22N2. The third kappa shape index (κ3) is 1.97. The quantitative estimate of drug-likeness (QED) is 0.719. The van der Waals surface area contributed by atoms with Crippen molar-refractivity contribution in [2.45, 2.75) is 18.3 Å². The lowest BCUT2D eigenvalue weighted by Gasteiger charge is -2.37. The van der Waals surface area contributed by atoms with Gasteiger partial charge in [0.1, 0.15) is 0 Å². The van der Waals surface area contributed by atoms with E-state index in [4.69, 9.17) is 0 Å². The highest BCUT2D eigenvalue weighted by atomic mass is 15.1. The fourth-order valence-electron chi connectivity index (χ4n) is 4.15. The van der Waals surface area contributed by atoms with Gasteiger partial charge in [0.2, 0.25) is 0 Å². The van der Waals surface area contributed by atoms with Gasteiger partial charge in [0, 0.05) is 30.9 Å². The lowest BCUT2D eigenvalue weighted by atomic mass is 9.77. The predicted molar refractivity (Wildman–Crippen MR) is 88.5 cm³/mol. The van der Waals surface area contributed by atoms with Gasteiger partial charge in [0.25, 0.3) is 0 Å². The zero-order chi connectivity index (χ0) is 14.4. The van der Waals surface area contributed by atoms with Gasteiger partial charge in [0.15, 0.2) is 0 Å². The molecule has 2 aromatic rings. The van der Waals surface area contributed by atoms with E-state index in [0.29, 0.717) is 11.8 Å². The average Bonchev–Trinajstić information content (AvgIpc) is 2.63. The molecule has 2 atom stereocenters. The minimum atomic E-state index is 0.603. The summed E-state index contributed by atoms with van der Waals surface area (Å²) in [6.45, 7) is 2.35. The van der Waals surface area contributed by atoms with Gasteiger partial charge in [-0.2, -0.15) is 0 Å². The van der Waals surface area contributed by atoms with Crippen molar-refractivity contribution < 1.29 is 0 Å². The predicted octanol–water partition coefficient (Wildman–Crippen LogP) is 3.97. The van der Waals surface area contributed by atoms with E-state index < -0.39 is 0 Å². The summed E-state index contributed by atoms with van der Waals surface area (Å²) in [5, 5.41) is 0. The molecule has 0 bridgehead atoms. The van der Waals surface area contributed by atoms with Crippen molar-refractivity contribution in [1.82, 2.24) is 4.90 Å². The number of likely N-dealkylation sites (tertiary alicyclic amines) is 1. The molecule has 2 aliphatic rings. The Labute approximate surface area is 127 Å². The number of nitrogens with zero attached hydrogens (tertiary/aromatic N) is 2. The summed E-state index contributed by atoms with van der Waals surface area (Å²) in [6, 6.07) is 17.9. The molecule has 0 saturated carbocycles. The Kier molecular flexibility index (Phi) is 3.00. The van der Waals surface area contributed by atoms with Crippen molar-refractivity contribution >= 4 is 11.4 Å². The molecule has 0 spiro atoms. The van der Waals surface area contributed by atoms with Gasteiger partial charge in [-0.15, -0.1) is 0 Å². The van der Waals surface area contributed by atoms with Crippen LogP contribution in [0.1, 0.15) is 29.4 Å². The largest absolute Gasteiger partial charge is 0.344 e. The van der Waals surface area contributed by atoms with Gasteiger partial charge >= 0.3 is 0 Å². The summed E-state index contributed by atoms with van der Waals surface area (Å²) in [7, 11) is 4.46. The van der Waals surface area contributed by atoms with Crippen LogP contribution in [-0.2, 0) is 0 Å². The molecule has 21 heavy (non-hydrogen) atoms. The summed E-state index contributed by atoms with van der Waals surface area (Å²) < 4.78 is 0. The van der Waals surface area contributed by atoms with Crippen LogP contribution in [0.4, 0.5) is 11.4 Å². The number of rotatable bonds is 0. The maximum atomic E-state index is 2.48. The topological polar surface area (TPSA) is 6.48 Å². The molecule has 0 aromatic heterocycles. The van der Waals surface area contributed by atoms with Crippen molar-refractivity contribution in [3.63, 3.8) is 0 Å². The Morgan fingerprint density at radius 2 is 1.38 bits per heavy atom. The third-order valence-electron chi connectivity index (χ3n) is 5.21. The number of fused-ring (bicyclic) bond motifs is 5. The van der Waals surface area contributed by atoms with E-state index in [1.54, 1.807) is 0 Å². The number of piperidine rings is 1. The molecule has 2 aromatic carbocycles. The number of likely N-dealkylation sites (N-methyl/N-ethyl adjacent to an activating group) is 1. The molecule has 1 saturated heterocycles. The highest BCUT2D eigenvalue weighted by Crippen LogP contribution is 2.49. The number of para-hydroxylation sites is 2. The Hall–Kier alpha value is -1.80. The maximum Gasteiger partial charge on any atom is 0.0444 e. The normalized spacial score (nSPS) is 24.8. The molecule has 0 unspecified atom stereocenters. The van der Waals surface area contributed by atoms with Crippen LogP contribution >= 0.6 is 0 Å². The first-order valence-corrected chi connectivity index (χ1v) is 7.86. The summed E-state index contributed by atoms with van der Waals surface area (Å²) in [5.41, 5.74) is 5.77. The standard InChI is InChI=1S/C19H22N2/c1-20-12-11-14-15-7-3-5-9-18(15)21(2)19-10-6-4-8-16(19)17(14)13-20/h3-10,14,17H,11-13H2,1-2H3/t14-,17-/m0/s1. The first kappa shape index (κ1) is 12.9. The van der Waals surface area contributed by atoms with Crippen molar-refractivity contribution in [2.75, 3.05) is 32.1 Å². The lowest BCUT2D eigenvalue weighted by molar-refractivity contribution is 0.228. The van der Waals surface area contributed by atoms with Gasteiger partial charge in [-0.1, -0.05) is 36.4 Å². The van der Waals surface area contributed by atoms with E-state index in [1.807, 2.05) is 0 Å². The van der Waals surface area contributed by atoms with Crippen molar-refractivity contribution in [2.24, 2.45) is 0 Å². The molecular weight excluding hydrogens is 256 g/mol. The van der Waals surface area contributed by atoms with E-state index in [0.717, 1.165) is 6.54 Å². The summed E-state index contributed by atoms with van der Waals surface area (Å²) >= 11 is 0. The van der Waals surface area contributed by atoms with Crippen LogP contribution in [0, 0.1) is 0 Å². The molecule has 0 radical (unpaired) electrons. The van der Waals surface area contributed by atoms with Gasteiger partial charge in [0.05, 0.1) is 0 Å². The number of anilines is 2. The first-order valence-electron chi connectivity index (χ1n) is 7.86. The molecule has 108 valence electrons. The minimum absolute atomic E-state index is 0.603. The van der Waals surface area contributed by atoms with E-state index in [-0.39, 0.29) is 0 Å². The molecule has 2 heteroatoms. The van der Waals surface area contributed by atoms with Crippen LogP contribution in [0.2, 0.25) is 0 Å². The van der Waals surface area contributed by atoms with Crippen molar-refractivity contribution in [3.05, 3.63) is 59.7 Å². The van der Waals surface area contributed by atoms with Crippen LogP contribution in [0.5, 0.6) is 0 Å². The zero-order valence-electron chi connectivity index (χ0n) is 12.8. The lowest BCUT2D eigenvalue weighted by Crippen LogP contribution is -2.35. The van der Waals surface area contributed by atoms with Crippen LogP contribution < -0.4 is 4.90 Å². The summed E-state index contributed by atoms with van der Waals surface area (Å²) in [5.74, 6) is 1.24. The minimum Gasteiger partial charge on any atom is -0.344 e. The second-order valence-corrected chi connectivity index (χ2v) is 6.44. The van der Waals surface area contributed by atoms with Crippen LogP contribution in [-0.4, -0.2) is 32.1 Å². The molecule has 1 fully saturated rings. The SMILES string of the molecule is CN1CC[C@H]2c3ccccc3N(C)c3ccccc3[C@H]2C1. The highest BCUT2D eigenvalue weighted by molar-refractivity contribution is 5.72. The zero-order valence-corrected chi connectivity index (χ0v) is 12.8. The Morgan fingerprint density at radius 1 is 0.810 bits per heavy atom. The van der Waals surface area contributed by atoms with Crippen molar-refractivity contribution in [3.8, 4) is 0 Å². The van der Waals surface area contributed by atoms with Crippen LogP contribution in [0.25, 0.3) is 0 Å². The number of hydrogen-bond acceptors (Lipinski definition) is 2. The van der Waals surface area contributed by atoms with E-state index in [1.165, 1.54) is 35.5 Å². The molecule has 2 aliphatic heterocycles. The fourth-order valence-corrected chi connectivity index (χ4v) is 4.15. The van der Waals surface area contributed by atoms with Crippen LogP contribution in [0.15, 0.2) is 48.5 Å². The highest BCUT2D eigenvalue weighted by Gasteiger charge is 2.36. The fraction of sp³-hybridized carbons (Fsp3) is 0.368. The second kappa shape index (κ2) is 4.88. The Bertz CT molecular complexity index is 664. The van der Waals surface area contributed by atoms with Crippen LogP contribution in [0.3, 0.4) is 0 Å². The van der Waals surface area contributed by atoms with E-state index in [9.17, 15) is 0 Å². The molecule has 2 heterocycles.